The minimum atomic E-state index is -0.378. The number of carbonyl (C=O) groups excluding carboxylic acids is 1. The first-order valence-corrected chi connectivity index (χ1v) is 7.31. The average molecular weight is 298 g/mol. The molecule has 0 aromatic heterocycles. The Kier molecular flexibility index (Phi) is 4.00. The van der Waals surface area contributed by atoms with Crippen LogP contribution in [0.25, 0.3) is 0 Å². The van der Waals surface area contributed by atoms with E-state index in [1.807, 2.05) is 50.2 Å². The molecule has 22 heavy (non-hydrogen) atoms. The van der Waals surface area contributed by atoms with Gasteiger partial charge in [-0.1, -0.05) is 18.2 Å². The second-order valence-electron chi connectivity index (χ2n) is 5.36. The summed E-state index contributed by atoms with van der Waals surface area (Å²) in [6.45, 7) is 4.86. The summed E-state index contributed by atoms with van der Waals surface area (Å²) in [6.07, 6.45) is 0. The fraction of sp³-hybridized carbons (Fsp3) is 0.278. The topological polar surface area (TPSA) is 44.8 Å². The van der Waals surface area contributed by atoms with Crippen molar-refractivity contribution in [3.63, 3.8) is 0 Å². The summed E-state index contributed by atoms with van der Waals surface area (Å²) in [5.41, 5.74) is 1.90. The molecule has 1 aliphatic rings. The lowest BCUT2D eigenvalue weighted by atomic mass is 10.0. The van der Waals surface area contributed by atoms with Gasteiger partial charge in [-0.05, 0) is 49.2 Å². The summed E-state index contributed by atoms with van der Waals surface area (Å²) in [5.74, 6) is 1.29. The van der Waals surface area contributed by atoms with Crippen LogP contribution < -0.4 is 14.2 Å². The van der Waals surface area contributed by atoms with Gasteiger partial charge in [0.05, 0.1) is 5.92 Å². The summed E-state index contributed by atoms with van der Waals surface area (Å²) in [5, 5.41) is 0. The van der Waals surface area contributed by atoms with Crippen LogP contribution in [-0.2, 0) is 4.79 Å². The van der Waals surface area contributed by atoms with Crippen LogP contribution in [0.3, 0.4) is 0 Å². The molecule has 0 fully saturated rings. The van der Waals surface area contributed by atoms with Crippen LogP contribution in [0.15, 0.2) is 42.5 Å². The zero-order valence-corrected chi connectivity index (χ0v) is 12.7. The van der Waals surface area contributed by atoms with Crippen LogP contribution in [-0.4, -0.2) is 19.2 Å². The summed E-state index contributed by atoms with van der Waals surface area (Å²) < 4.78 is 16.5. The Balaban J connectivity index is 1.75. The van der Waals surface area contributed by atoms with Gasteiger partial charge >= 0.3 is 5.97 Å². The summed E-state index contributed by atoms with van der Waals surface area (Å²) in [6, 6.07) is 13.0. The number of esters is 1. The molecular formula is C18H18O4. The zero-order chi connectivity index (χ0) is 15.5. The van der Waals surface area contributed by atoms with Gasteiger partial charge in [-0.2, -0.15) is 0 Å². The Labute approximate surface area is 129 Å². The molecule has 2 aromatic rings. The van der Waals surface area contributed by atoms with Gasteiger partial charge in [0, 0.05) is 0 Å². The average Bonchev–Trinajstić information content (AvgIpc) is 2.53. The molecule has 0 spiro atoms. The first-order valence-electron chi connectivity index (χ1n) is 7.31. The molecule has 114 valence electrons. The maximum atomic E-state index is 12.3. The van der Waals surface area contributed by atoms with E-state index in [9.17, 15) is 4.79 Å². The highest BCUT2D eigenvalue weighted by Gasteiger charge is 2.20. The van der Waals surface area contributed by atoms with E-state index < -0.39 is 0 Å². The van der Waals surface area contributed by atoms with E-state index >= 15 is 0 Å². The number of carbonyl (C=O) groups is 1. The first kappa shape index (κ1) is 14.4. The molecule has 4 heteroatoms. The van der Waals surface area contributed by atoms with Crippen LogP contribution in [0.4, 0.5) is 0 Å². The molecular weight excluding hydrogens is 280 g/mol. The van der Waals surface area contributed by atoms with E-state index in [-0.39, 0.29) is 11.9 Å². The monoisotopic (exact) mass is 298 g/mol. The molecule has 1 unspecified atom stereocenters. The zero-order valence-electron chi connectivity index (χ0n) is 12.7. The van der Waals surface area contributed by atoms with E-state index in [1.54, 1.807) is 6.07 Å². The predicted molar refractivity (Wildman–Crippen MR) is 82.7 cm³/mol. The molecule has 3 rings (SSSR count). The fourth-order valence-corrected chi connectivity index (χ4v) is 2.35. The quantitative estimate of drug-likeness (QED) is 0.643. The molecule has 0 N–H and O–H groups in total. The molecule has 1 aliphatic heterocycles. The summed E-state index contributed by atoms with van der Waals surface area (Å²) in [4.78, 5) is 12.3. The van der Waals surface area contributed by atoms with Gasteiger partial charge in [0.15, 0.2) is 11.5 Å². The van der Waals surface area contributed by atoms with Gasteiger partial charge in [0.1, 0.15) is 19.0 Å². The second kappa shape index (κ2) is 6.10. The lowest BCUT2D eigenvalue weighted by molar-refractivity contribution is -0.135. The van der Waals surface area contributed by atoms with E-state index in [1.165, 1.54) is 0 Å². The number of benzene rings is 2. The maximum Gasteiger partial charge on any atom is 0.318 e. The number of hydrogen-bond acceptors (Lipinski definition) is 4. The first-order chi connectivity index (χ1) is 10.6. The molecule has 0 bridgehead atoms. The SMILES string of the molecule is Cc1cccc(OC(=O)C(C)c2ccc3c(c2)OCCO3)c1. The van der Waals surface area contributed by atoms with E-state index in [2.05, 4.69) is 0 Å². The van der Waals surface area contributed by atoms with Gasteiger partial charge in [-0.25, -0.2) is 0 Å². The Hall–Kier alpha value is -2.49. The highest BCUT2D eigenvalue weighted by atomic mass is 16.6. The summed E-state index contributed by atoms with van der Waals surface area (Å²) >= 11 is 0. The molecule has 0 aliphatic carbocycles. The normalized spacial score (nSPS) is 14.3. The molecule has 1 atom stereocenters. The van der Waals surface area contributed by atoms with Crippen molar-refractivity contribution in [3.05, 3.63) is 53.6 Å². The molecule has 4 nitrogen and oxygen atoms in total. The van der Waals surface area contributed by atoms with E-state index in [0.717, 1.165) is 11.1 Å². The Bertz CT molecular complexity index is 693. The maximum absolute atomic E-state index is 12.3. The van der Waals surface area contributed by atoms with Crippen LogP contribution in [0.2, 0.25) is 0 Å². The molecule has 0 amide bonds. The molecule has 1 heterocycles. The van der Waals surface area contributed by atoms with E-state index in [0.29, 0.717) is 30.5 Å². The lowest BCUT2D eigenvalue weighted by Crippen LogP contribution is -2.18. The van der Waals surface area contributed by atoms with Crippen molar-refractivity contribution in [2.24, 2.45) is 0 Å². The molecule has 0 saturated carbocycles. The van der Waals surface area contributed by atoms with Crippen molar-refractivity contribution < 1.29 is 19.0 Å². The lowest BCUT2D eigenvalue weighted by Gasteiger charge is -2.20. The Morgan fingerprint density at radius 2 is 1.86 bits per heavy atom. The van der Waals surface area contributed by atoms with Crippen molar-refractivity contribution in [1.29, 1.82) is 0 Å². The van der Waals surface area contributed by atoms with Gasteiger partial charge in [-0.3, -0.25) is 4.79 Å². The van der Waals surface area contributed by atoms with Gasteiger partial charge in [0.2, 0.25) is 0 Å². The van der Waals surface area contributed by atoms with Gasteiger partial charge < -0.3 is 14.2 Å². The van der Waals surface area contributed by atoms with Gasteiger partial charge in [-0.15, -0.1) is 0 Å². The van der Waals surface area contributed by atoms with Crippen molar-refractivity contribution in [3.8, 4) is 17.2 Å². The third-order valence-electron chi connectivity index (χ3n) is 3.63. The number of hydrogen-bond donors (Lipinski definition) is 0. The third-order valence-corrected chi connectivity index (χ3v) is 3.63. The number of aryl methyl sites for hydroxylation is 1. The van der Waals surface area contributed by atoms with Crippen molar-refractivity contribution in [2.75, 3.05) is 13.2 Å². The summed E-state index contributed by atoms with van der Waals surface area (Å²) in [7, 11) is 0. The minimum Gasteiger partial charge on any atom is -0.486 e. The number of ether oxygens (including phenoxy) is 3. The number of fused-ring (bicyclic) bond motifs is 1. The smallest absolute Gasteiger partial charge is 0.318 e. The van der Waals surface area contributed by atoms with Gasteiger partial charge in [0.25, 0.3) is 0 Å². The fourth-order valence-electron chi connectivity index (χ4n) is 2.35. The van der Waals surface area contributed by atoms with Crippen LogP contribution >= 0.6 is 0 Å². The number of rotatable bonds is 3. The second-order valence-corrected chi connectivity index (χ2v) is 5.36. The predicted octanol–water partition coefficient (Wildman–Crippen LogP) is 3.48. The molecule has 0 saturated heterocycles. The van der Waals surface area contributed by atoms with Crippen molar-refractivity contribution in [1.82, 2.24) is 0 Å². The van der Waals surface area contributed by atoms with Crippen LogP contribution in [0, 0.1) is 6.92 Å². The van der Waals surface area contributed by atoms with Crippen molar-refractivity contribution >= 4 is 5.97 Å². The molecule has 0 radical (unpaired) electrons. The Morgan fingerprint density at radius 1 is 1.09 bits per heavy atom. The highest BCUT2D eigenvalue weighted by molar-refractivity contribution is 5.80. The minimum absolute atomic E-state index is 0.290. The largest absolute Gasteiger partial charge is 0.486 e. The van der Waals surface area contributed by atoms with Crippen LogP contribution in [0.5, 0.6) is 17.2 Å². The Morgan fingerprint density at radius 3 is 2.64 bits per heavy atom. The highest BCUT2D eigenvalue weighted by Crippen LogP contribution is 2.33. The van der Waals surface area contributed by atoms with Crippen molar-refractivity contribution in [2.45, 2.75) is 19.8 Å². The third kappa shape index (κ3) is 3.06. The standard InChI is InChI=1S/C18H18O4/c1-12-4-3-5-15(10-12)22-18(19)13(2)14-6-7-16-17(11-14)21-9-8-20-16/h3-7,10-11,13H,8-9H2,1-2H3. The van der Waals surface area contributed by atoms with E-state index in [4.69, 9.17) is 14.2 Å². The van der Waals surface area contributed by atoms with Crippen LogP contribution in [0.1, 0.15) is 24.0 Å². The molecule has 2 aromatic carbocycles.